The maximum Gasteiger partial charge on any atom is 0.310 e. The summed E-state index contributed by atoms with van der Waals surface area (Å²) in [7, 11) is -3.82. The molecular formula is C13H16N2O5S. The number of carbonyl (C=O) groups excluding carboxylic acids is 1. The molecular weight excluding hydrogens is 296 g/mol. The van der Waals surface area contributed by atoms with Crippen LogP contribution in [0.15, 0.2) is 23.1 Å². The second-order valence-electron chi connectivity index (χ2n) is 5.56. The quantitative estimate of drug-likeness (QED) is 0.736. The van der Waals surface area contributed by atoms with Crippen molar-refractivity contribution in [3.8, 4) is 0 Å². The second-order valence-corrected chi connectivity index (χ2v) is 7.32. The van der Waals surface area contributed by atoms with Gasteiger partial charge < -0.3 is 10.4 Å². The Morgan fingerprint density at radius 3 is 2.71 bits per heavy atom. The minimum atomic E-state index is -3.82. The Bertz CT molecular complexity index is 709. The predicted octanol–water partition coefficient (Wildman–Crippen LogP) is 0.570. The van der Waals surface area contributed by atoms with E-state index < -0.39 is 21.4 Å². The van der Waals surface area contributed by atoms with Crippen LogP contribution in [-0.2, 0) is 26.0 Å². The molecule has 0 aliphatic carbocycles. The Kier molecular flexibility index (Phi) is 3.77. The van der Waals surface area contributed by atoms with E-state index in [4.69, 9.17) is 5.11 Å². The SMILES string of the molecule is CC(C)(CNS(=O)(=O)c1ccc2c(c1)CC(=O)N2)C(=O)O. The molecule has 0 fully saturated rings. The summed E-state index contributed by atoms with van der Waals surface area (Å²) in [5, 5.41) is 11.6. The standard InChI is InChI=1S/C13H16N2O5S/c1-13(2,12(17)18)7-14-21(19,20)9-3-4-10-8(5-9)6-11(16)15-10/h3-5,14H,6-7H2,1-2H3,(H,15,16)(H,17,18). The Balaban J connectivity index is 2.20. The van der Waals surface area contributed by atoms with Gasteiger partial charge in [-0.3, -0.25) is 9.59 Å². The van der Waals surface area contributed by atoms with Crippen molar-refractivity contribution in [3.05, 3.63) is 23.8 Å². The molecule has 0 atom stereocenters. The number of hydrogen-bond acceptors (Lipinski definition) is 4. The van der Waals surface area contributed by atoms with Gasteiger partial charge in [-0.05, 0) is 37.6 Å². The van der Waals surface area contributed by atoms with E-state index in [1.807, 2.05) is 0 Å². The normalized spacial score (nSPS) is 14.7. The van der Waals surface area contributed by atoms with Gasteiger partial charge in [-0.25, -0.2) is 13.1 Å². The average Bonchev–Trinajstić information content (AvgIpc) is 2.75. The first kappa shape index (κ1) is 15.5. The van der Waals surface area contributed by atoms with Crippen molar-refractivity contribution < 1.29 is 23.1 Å². The zero-order valence-corrected chi connectivity index (χ0v) is 12.5. The van der Waals surface area contributed by atoms with Crippen LogP contribution in [0.4, 0.5) is 5.69 Å². The van der Waals surface area contributed by atoms with Gasteiger partial charge in [-0.2, -0.15) is 0 Å². The number of carboxylic acid groups (broad SMARTS) is 1. The number of aliphatic carboxylic acids is 1. The minimum absolute atomic E-state index is 0.0129. The topological polar surface area (TPSA) is 113 Å². The van der Waals surface area contributed by atoms with Crippen LogP contribution in [0.1, 0.15) is 19.4 Å². The summed E-state index contributed by atoms with van der Waals surface area (Å²) >= 11 is 0. The fourth-order valence-electron chi connectivity index (χ4n) is 1.81. The zero-order valence-electron chi connectivity index (χ0n) is 11.6. The number of amides is 1. The van der Waals surface area contributed by atoms with Gasteiger partial charge in [0.05, 0.1) is 16.7 Å². The summed E-state index contributed by atoms with van der Waals surface area (Å²) < 4.78 is 26.6. The van der Waals surface area contributed by atoms with Crippen LogP contribution < -0.4 is 10.0 Å². The molecule has 1 aromatic carbocycles. The Hall–Kier alpha value is -1.93. The summed E-state index contributed by atoms with van der Waals surface area (Å²) in [4.78, 5) is 22.2. The molecule has 3 N–H and O–H groups in total. The number of sulfonamides is 1. The molecule has 21 heavy (non-hydrogen) atoms. The molecule has 0 saturated heterocycles. The van der Waals surface area contributed by atoms with Crippen LogP contribution in [0.25, 0.3) is 0 Å². The van der Waals surface area contributed by atoms with Crippen molar-refractivity contribution in [1.82, 2.24) is 4.72 Å². The van der Waals surface area contributed by atoms with E-state index in [0.29, 0.717) is 11.3 Å². The second kappa shape index (κ2) is 5.12. The van der Waals surface area contributed by atoms with Gasteiger partial charge in [0.1, 0.15) is 0 Å². The smallest absolute Gasteiger partial charge is 0.310 e. The Morgan fingerprint density at radius 2 is 2.10 bits per heavy atom. The average molecular weight is 312 g/mol. The number of carbonyl (C=O) groups is 2. The molecule has 7 nitrogen and oxygen atoms in total. The van der Waals surface area contributed by atoms with Gasteiger partial charge in [0.25, 0.3) is 0 Å². The third-order valence-electron chi connectivity index (χ3n) is 3.30. The first-order valence-electron chi connectivity index (χ1n) is 6.28. The van der Waals surface area contributed by atoms with Crippen LogP contribution in [0.5, 0.6) is 0 Å². The van der Waals surface area contributed by atoms with Gasteiger partial charge in [-0.15, -0.1) is 0 Å². The molecule has 0 bridgehead atoms. The molecule has 2 rings (SSSR count). The van der Waals surface area contributed by atoms with Gasteiger partial charge in [0.2, 0.25) is 15.9 Å². The molecule has 0 saturated carbocycles. The number of fused-ring (bicyclic) bond motifs is 1. The van der Waals surface area contributed by atoms with E-state index >= 15 is 0 Å². The summed E-state index contributed by atoms with van der Waals surface area (Å²) in [6, 6.07) is 4.32. The summed E-state index contributed by atoms with van der Waals surface area (Å²) in [5.41, 5.74) is 0.00611. The van der Waals surface area contributed by atoms with Crippen LogP contribution in [0.3, 0.4) is 0 Å². The molecule has 114 valence electrons. The minimum Gasteiger partial charge on any atom is -0.481 e. The van der Waals surface area contributed by atoms with Gasteiger partial charge in [0.15, 0.2) is 0 Å². The highest BCUT2D eigenvalue weighted by molar-refractivity contribution is 7.89. The highest BCUT2D eigenvalue weighted by Gasteiger charge is 2.30. The van der Waals surface area contributed by atoms with Crippen LogP contribution in [0, 0.1) is 5.41 Å². The number of anilines is 1. The van der Waals surface area contributed by atoms with E-state index in [9.17, 15) is 18.0 Å². The number of benzene rings is 1. The lowest BCUT2D eigenvalue weighted by atomic mass is 9.95. The number of rotatable bonds is 5. The maximum atomic E-state index is 12.2. The largest absolute Gasteiger partial charge is 0.481 e. The first-order chi connectivity index (χ1) is 9.62. The van der Waals surface area contributed by atoms with E-state index in [0.717, 1.165) is 0 Å². The fourth-order valence-corrected chi connectivity index (χ4v) is 3.07. The van der Waals surface area contributed by atoms with Gasteiger partial charge >= 0.3 is 5.97 Å². The van der Waals surface area contributed by atoms with Crippen molar-refractivity contribution in [2.75, 3.05) is 11.9 Å². The summed E-state index contributed by atoms with van der Waals surface area (Å²) in [6.07, 6.45) is 0.138. The molecule has 1 aromatic rings. The highest BCUT2D eigenvalue weighted by atomic mass is 32.2. The monoisotopic (exact) mass is 312 g/mol. The molecule has 0 unspecified atom stereocenters. The molecule has 1 heterocycles. The molecule has 0 radical (unpaired) electrons. The van der Waals surface area contributed by atoms with Crippen molar-refractivity contribution in [2.24, 2.45) is 5.41 Å². The Labute approximate surface area is 122 Å². The van der Waals surface area contributed by atoms with Crippen molar-refractivity contribution >= 4 is 27.6 Å². The Morgan fingerprint density at radius 1 is 1.43 bits per heavy atom. The third kappa shape index (κ3) is 3.22. The van der Waals surface area contributed by atoms with Gasteiger partial charge in [0, 0.05) is 12.2 Å². The predicted molar refractivity (Wildman–Crippen MR) is 75.4 cm³/mol. The van der Waals surface area contributed by atoms with E-state index in [1.165, 1.54) is 32.0 Å². The lowest BCUT2D eigenvalue weighted by Crippen LogP contribution is -2.38. The number of hydrogen-bond donors (Lipinski definition) is 3. The van der Waals surface area contributed by atoms with Crippen molar-refractivity contribution in [3.63, 3.8) is 0 Å². The van der Waals surface area contributed by atoms with Crippen LogP contribution in [-0.4, -0.2) is 31.9 Å². The molecule has 1 aliphatic heterocycles. The fraction of sp³-hybridized carbons (Fsp3) is 0.385. The molecule has 0 aromatic heterocycles. The molecule has 1 amide bonds. The van der Waals surface area contributed by atoms with Crippen molar-refractivity contribution in [2.45, 2.75) is 25.2 Å². The lowest BCUT2D eigenvalue weighted by Gasteiger charge is -2.19. The van der Waals surface area contributed by atoms with Crippen molar-refractivity contribution in [1.29, 1.82) is 0 Å². The van der Waals surface area contributed by atoms with E-state index in [1.54, 1.807) is 0 Å². The van der Waals surface area contributed by atoms with Crippen LogP contribution in [0.2, 0.25) is 0 Å². The summed E-state index contributed by atoms with van der Waals surface area (Å²) in [6.45, 7) is 2.64. The highest BCUT2D eigenvalue weighted by Crippen LogP contribution is 2.26. The molecule has 8 heteroatoms. The number of carboxylic acids is 1. The van der Waals surface area contributed by atoms with Crippen LogP contribution >= 0.6 is 0 Å². The molecule has 1 aliphatic rings. The van der Waals surface area contributed by atoms with E-state index in [-0.39, 0.29) is 23.8 Å². The zero-order chi connectivity index (χ0) is 15.8. The number of nitrogens with one attached hydrogen (secondary N) is 2. The van der Waals surface area contributed by atoms with Gasteiger partial charge in [-0.1, -0.05) is 0 Å². The molecule has 0 spiro atoms. The lowest BCUT2D eigenvalue weighted by molar-refractivity contribution is -0.146. The van der Waals surface area contributed by atoms with E-state index in [2.05, 4.69) is 10.0 Å². The third-order valence-corrected chi connectivity index (χ3v) is 4.69. The first-order valence-corrected chi connectivity index (χ1v) is 7.76. The maximum absolute atomic E-state index is 12.2. The summed E-state index contributed by atoms with van der Waals surface area (Å²) in [5.74, 6) is -1.27.